The van der Waals surface area contributed by atoms with Gasteiger partial charge in [0, 0.05) is 43.4 Å². The summed E-state index contributed by atoms with van der Waals surface area (Å²) < 4.78 is 1.30. The molecule has 0 unspecified atom stereocenters. The first-order valence-corrected chi connectivity index (χ1v) is 12.1. The van der Waals surface area contributed by atoms with Crippen molar-refractivity contribution in [2.24, 2.45) is 0 Å². The van der Waals surface area contributed by atoms with Gasteiger partial charge >= 0.3 is 0 Å². The number of fused-ring (bicyclic) bond motifs is 1. The van der Waals surface area contributed by atoms with Crippen LogP contribution in [0.2, 0.25) is 5.02 Å². The Bertz CT molecular complexity index is 1250. The van der Waals surface area contributed by atoms with Crippen molar-refractivity contribution in [1.82, 2.24) is 19.8 Å². The van der Waals surface area contributed by atoms with Crippen LogP contribution in [0.5, 0.6) is 0 Å². The first-order chi connectivity index (χ1) is 15.9. The Hall–Kier alpha value is -2.91. The van der Waals surface area contributed by atoms with Crippen LogP contribution in [-0.4, -0.2) is 59.0 Å². The van der Waals surface area contributed by atoms with Gasteiger partial charge < -0.3 is 15.1 Å². The maximum absolute atomic E-state index is 13.3. The summed E-state index contributed by atoms with van der Waals surface area (Å²) in [5.74, 6) is -0.324. The second-order valence-corrected chi connectivity index (χ2v) is 9.46. The number of amides is 2. The van der Waals surface area contributed by atoms with Crippen LogP contribution in [0.3, 0.4) is 0 Å². The number of carbonyl (C=O) groups is 2. The van der Waals surface area contributed by atoms with E-state index in [9.17, 15) is 14.4 Å². The lowest BCUT2D eigenvalue weighted by Gasteiger charge is -2.36. The average molecular weight is 488 g/mol. The molecule has 3 aromatic rings. The normalized spacial score (nSPS) is 14.0. The molecule has 0 bridgehead atoms. The number of aryl methyl sites for hydroxylation is 1. The lowest BCUT2D eigenvalue weighted by Crippen LogP contribution is -2.48. The largest absolute Gasteiger partial charge is 0.368 e. The third-order valence-corrected chi connectivity index (χ3v) is 7.16. The maximum atomic E-state index is 13.3. The molecule has 1 aliphatic heterocycles. The van der Waals surface area contributed by atoms with Crippen LogP contribution in [0.4, 0.5) is 5.69 Å². The van der Waals surface area contributed by atoms with E-state index in [-0.39, 0.29) is 23.9 Å². The number of rotatable bonds is 6. The smallest absolute Gasteiger partial charge is 0.264 e. The predicted molar refractivity (Wildman–Crippen MR) is 131 cm³/mol. The minimum Gasteiger partial charge on any atom is -0.368 e. The van der Waals surface area contributed by atoms with Crippen LogP contribution in [0, 0.1) is 6.92 Å². The number of hydrogen-bond acceptors (Lipinski definition) is 6. The highest BCUT2D eigenvalue weighted by Crippen LogP contribution is 2.29. The summed E-state index contributed by atoms with van der Waals surface area (Å²) in [6.07, 6.45) is 2.20. The number of thiophene rings is 1. The van der Waals surface area contributed by atoms with Gasteiger partial charge in [0.1, 0.15) is 11.4 Å². The fourth-order valence-corrected chi connectivity index (χ4v) is 5.23. The lowest BCUT2D eigenvalue weighted by atomic mass is 10.2. The molecule has 10 heteroatoms. The Morgan fingerprint density at radius 3 is 2.67 bits per heavy atom. The molecule has 0 aliphatic carbocycles. The van der Waals surface area contributed by atoms with E-state index < -0.39 is 0 Å². The third kappa shape index (κ3) is 4.89. The number of aromatic nitrogens is 2. The SMILES string of the molecule is CCCNC(=O)Cn1cnc2sc(C(=O)N3CCN(c4cccc(Cl)c4)CC3)c(C)c2c1=O. The van der Waals surface area contributed by atoms with E-state index in [1.807, 2.05) is 36.1 Å². The highest BCUT2D eigenvalue weighted by molar-refractivity contribution is 7.20. The molecule has 0 spiro atoms. The Balaban J connectivity index is 1.51. The van der Waals surface area contributed by atoms with Gasteiger partial charge in [-0.25, -0.2) is 4.98 Å². The highest BCUT2D eigenvalue weighted by atomic mass is 35.5. The predicted octanol–water partition coefficient (Wildman–Crippen LogP) is 2.91. The van der Waals surface area contributed by atoms with E-state index in [4.69, 9.17) is 11.6 Å². The summed E-state index contributed by atoms with van der Waals surface area (Å²) in [6, 6.07) is 7.70. The zero-order chi connectivity index (χ0) is 23.5. The van der Waals surface area contributed by atoms with E-state index in [2.05, 4.69) is 15.2 Å². The Morgan fingerprint density at radius 1 is 1.21 bits per heavy atom. The molecule has 4 rings (SSSR count). The van der Waals surface area contributed by atoms with Gasteiger partial charge in [0.2, 0.25) is 5.91 Å². The Morgan fingerprint density at radius 2 is 1.97 bits per heavy atom. The molecule has 2 amide bonds. The van der Waals surface area contributed by atoms with E-state index in [0.29, 0.717) is 58.4 Å². The first-order valence-electron chi connectivity index (χ1n) is 10.9. The van der Waals surface area contributed by atoms with Gasteiger partial charge in [-0.05, 0) is 37.1 Å². The van der Waals surface area contributed by atoms with Gasteiger partial charge in [-0.2, -0.15) is 0 Å². The van der Waals surface area contributed by atoms with Crippen LogP contribution in [-0.2, 0) is 11.3 Å². The van der Waals surface area contributed by atoms with E-state index in [0.717, 1.165) is 12.1 Å². The summed E-state index contributed by atoms with van der Waals surface area (Å²) in [7, 11) is 0. The number of nitrogens with one attached hydrogen (secondary N) is 1. The molecule has 0 atom stereocenters. The molecule has 33 heavy (non-hydrogen) atoms. The number of carbonyl (C=O) groups excluding carboxylic acids is 2. The van der Waals surface area contributed by atoms with Crippen LogP contribution >= 0.6 is 22.9 Å². The molecular weight excluding hydrogens is 462 g/mol. The monoisotopic (exact) mass is 487 g/mol. The lowest BCUT2D eigenvalue weighted by molar-refractivity contribution is -0.121. The van der Waals surface area contributed by atoms with Crippen LogP contribution < -0.4 is 15.8 Å². The van der Waals surface area contributed by atoms with E-state index in [1.165, 1.54) is 22.2 Å². The van der Waals surface area contributed by atoms with Crippen molar-refractivity contribution in [3.05, 3.63) is 56.4 Å². The summed E-state index contributed by atoms with van der Waals surface area (Å²) >= 11 is 7.34. The molecule has 8 nitrogen and oxygen atoms in total. The molecule has 3 heterocycles. The van der Waals surface area contributed by atoms with Gasteiger partial charge in [-0.1, -0.05) is 24.6 Å². The van der Waals surface area contributed by atoms with Crippen molar-refractivity contribution in [1.29, 1.82) is 0 Å². The molecule has 1 aromatic carbocycles. The van der Waals surface area contributed by atoms with Gasteiger partial charge in [0.05, 0.1) is 16.6 Å². The zero-order valence-electron chi connectivity index (χ0n) is 18.6. The minimum atomic E-state index is -0.301. The minimum absolute atomic E-state index is 0.0899. The summed E-state index contributed by atoms with van der Waals surface area (Å²) in [4.78, 5) is 47.7. The fraction of sp³-hybridized carbons (Fsp3) is 0.391. The topological polar surface area (TPSA) is 87.5 Å². The van der Waals surface area contributed by atoms with Crippen LogP contribution in [0.1, 0.15) is 28.6 Å². The zero-order valence-corrected chi connectivity index (χ0v) is 20.2. The van der Waals surface area contributed by atoms with E-state index >= 15 is 0 Å². The van der Waals surface area contributed by atoms with Crippen LogP contribution in [0.25, 0.3) is 10.2 Å². The standard InChI is InChI=1S/C23H26ClN5O3S/c1-3-7-25-18(30)13-29-14-26-21-19(22(29)31)15(2)20(33-21)23(32)28-10-8-27(9-11-28)17-6-4-5-16(24)12-17/h4-6,12,14H,3,7-11,13H2,1-2H3,(H,25,30). The summed E-state index contributed by atoms with van der Waals surface area (Å²) in [5.41, 5.74) is 1.36. The molecule has 1 N–H and O–H groups in total. The van der Waals surface area contributed by atoms with Gasteiger partial charge in [0.25, 0.3) is 11.5 Å². The van der Waals surface area contributed by atoms with Gasteiger partial charge in [-0.15, -0.1) is 11.3 Å². The van der Waals surface area contributed by atoms with Crippen LogP contribution in [0.15, 0.2) is 35.4 Å². The van der Waals surface area contributed by atoms with E-state index in [1.54, 1.807) is 6.92 Å². The number of nitrogens with zero attached hydrogens (tertiary/aromatic N) is 4. The summed E-state index contributed by atoms with van der Waals surface area (Å²) in [6.45, 7) is 6.77. The number of hydrogen-bond donors (Lipinski definition) is 1. The summed E-state index contributed by atoms with van der Waals surface area (Å²) in [5, 5.41) is 3.86. The van der Waals surface area contributed by atoms with Crippen molar-refractivity contribution in [3.8, 4) is 0 Å². The fourth-order valence-electron chi connectivity index (χ4n) is 3.94. The molecule has 1 aliphatic rings. The third-order valence-electron chi connectivity index (χ3n) is 5.74. The van der Waals surface area contributed by atoms with Crippen molar-refractivity contribution in [2.45, 2.75) is 26.8 Å². The second-order valence-electron chi connectivity index (χ2n) is 8.02. The van der Waals surface area contributed by atoms with Crippen molar-refractivity contribution >= 4 is 50.7 Å². The molecule has 174 valence electrons. The molecular formula is C23H26ClN5O3S. The highest BCUT2D eigenvalue weighted by Gasteiger charge is 2.27. The molecule has 2 aromatic heterocycles. The van der Waals surface area contributed by atoms with Gasteiger partial charge in [0.15, 0.2) is 0 Å². The van der Waals surface area contributed by atoms with Gasteiger partial charge in [-0.3, -0.25) is 19.0 Å². The molecule has 0 radical (unpaired) electrons. The van der Waals surface area contributed by atoms with Crippen molar-refractivity contribution in [2.75, 3.05) is 37.6 Å². The first kappa shape index (κ1) is 23.3. The molecule has 0 saturated carbocycles. The quantitative estimate of drug-likeness (QED) is 0.577. The maximum Gasteiger partial charge on any atom is 0.264 e. The molecule has 1 fully saturated rings. The number of anilines is 1. The number of benzene rings is 1. The Labute approximate surface area is 200 Å². The molecule has 1 saturated heterocycles. The van der Waals surface area contributed by atoms with Crippen molar-refractivity contribution < 1.29 is 9.59 Å². The Kier molecular flexibility index (Phi) is 6.99. The average Bonchev–Trinajstić information content (AvgIpc) is 3.16. The number of piperazine rings is 1. The number of halogens is 1. The second kappa shape index (κ2) is 9.93. The van der Waals surface area contributed by atoms with Crippen molar-refractivity contribution in [3.63, 3.8) is 0 Å².